The van der Waals surface area contributed by atoms with Crippen LogP contribution < -0.4 is 14.8 Å². The van der Waals surface area contributed by atoms with Gasteiger partial charge in [-0.1, -0.05) is 42.5 Å². The summed E-state index contributed by atoms with van der Waals surface area (Å²) in [6.07, 6.45) is 0.215. The summed E-state index contributed by atoms with van der Waals surface area (Å²) in [7, 11) is -2.41. The molecule has 1 atom stereocenters. The molecule has 162 valence electrons. The smallest absolute Gasteiger partial charge is 0.242 e. The zero-order valence-corrected chi connectivity index (χ0v) is 18.6. The van der Waals surface area contributed by atoms with Crippen molar-refractivity contribution in [3.8, 4) is 5.75 Å². The fraction of sp³-hybridized carbons (Fsp3) is 0.208. The number of amides is 1. The van der Waals surface area contributed by atoms with Crippen LogP contribution in [0.4, 0.5) is 5.69 Å². The summed E-state index contributed by atoms with van der Waals surface area (Å²) in [6.45, 7) is 3.69. The summed E-state index contributed by atoms with van der Waals surface area (Å²) < 4.78 is 33.9. The second-order valence-corrected chi connectivity index (χ2v) is 9.07. The first kappa shape index (κ1) is 22.5. The van der Waals surface area contributed by atoms with Crippen molar-refractivity contribution in [1.29, 1.82) is 0 Å². The highest BCUT2D eigenvalue weighted by atomic mass is 32.2. The number of ether oxygens (including phenoxy) is 1. The van der Waals surface area contributed by atoms with Crippen molar-refractivity contribution in [2.45, 2.75) is 31.2 Å². The van der Waals surface area contributed by atoms with Gasteiger partial charge in [-0.2, -0.15) is 4.72 Å². The maximum atomic E-state index is 13.1. The fourth-order valence-electron chi connectivity index (χ4n) is 3.26. The van der Waals surface area contributed by atoms with Crippen LogP contribution in [-0.2, 0) is 21.2 Å². The molecule has 0 spiro atoms. The molecule has 0 bridgehead atoms. The lowest BCUT2D eigenvalue weighted by Crippen LogP contribution is -2.45. The van der Waals surface area contributed by atoms with Crippen LogP contribution in [0, 0.1) is 13.8 Å². The molecule has 1 unspecified atom stereocenters. The lowest BCUT2D eigenvalue weighted by Gasteiger charge is -2.19. The molecule has 0 aliphatic rings. The van der Waals surface area contributed by atoms with Crippen LogP contribution in [0.3, 0.4) is 0 Å². The van der Waals surface area contributed by atoms with Crippen LogP contribution in [0.25, 0.3) is 0 Å². The molecule has 0 aromatic heterocycles. The van der Waals surface area contributed by atoms with E-state index in [-0.39, 0.29) is 11.3 Å². The van der Waals surface area contributed by atoms with Crippen LogP contribution in [-0.4, -0.2) is 27.5 Å². The molecule has 0 heterocycles. The number of carbonyl (C=O) groups is 1. The third-order valence-corrected chi connectivity index (χ3v) is 6.33. The predicted octanol–water partition coefficient (Wildman–Crippen LogP) is 3.84. The molecule has 6 nitrogen and oxygen atoms in total. The Morgan fingerprint density at radius 2 is 1.71 bits per heavy atom. The molecule has 7 heteroatoms. The fourth-order valence-corrected chi connectivity index (χ4v) is 4.54. The van der Waals surface area contributed by atoms with E-state index in [1.54, 1.807) is 19.1 Å². The highest BCUT2D eigenvalue weighted by Crippen LogP contribution is 2.22. The Morgan fingerprint density at radius 1 is 0.968 bits per heavy atom. The number of carbonyl (C=O) groups excluding carboxylic acids is 1. The van der Waals surface area contributed by atoms with E-state index < -0.39 is 22.0 Å². The van der Waals surface area contributed by atoms with Gasteiger partial charge >= 0.3 is 0 Å². The van der Waals surface area contributed by atoms with Crippen LogP contribution in [0.2, 0.25) is 0 Å². The van der Waals surface area contributed by atoms with E-state index in [2.05, 4.69) is 10.0 Å². The monoisotopic (exact) mass is 438 g/mol. The average Bonchev–Trinajstić information content (AvgIpc) is 2.74. The minimum atomic E-state index is -3.94. The minimum Gasteiger partial charge on any atom is -0.496 e. The third kappa shape index (κ3) is 5.93. The molecule has 2 N–H and O–H groups in total. The Labute approximate surface area is 183 Å². The van der Waals surface area contributed by atoms with Gasteiger partial charge in [0.2, 0.25) is 15.9 Å². The van der Waals surface area contributed by atoms with Gasteiger partial charge in [-0.3, -0.25) is 4.79 Å². The van der Waals surface area contributed by atoms with Gasteiger partial charge < -0.3 is 10.1 Å². The van der Waals surface area contributed by atoms with Gasteiger partial charge in [0.1, 0.15) is 11.8 Å². The maximum Gasteiger partial charge on any atom is 0.242 e. The Bertz CT molecular complexity index is 1160. The molecule has 31 heavy (non-hydrogen) atoms. The summed E-state index contributed by atoms with van der Waals surface area (Å²) in [5.41, 5.74) is 3.14. The lowest BCUT2D eigenvalue weighted by atomic mass is 10.1. The molecule has 0 fully saturated rings. The average molecular weight is 439 g/mol. The first-order valence-corrected chi connectivity index (χ1v) is 11.4. The first-order valence-electron chi connectivity index (χ1n) is 9.87. The molecule has 0 saturated carbocycles. The van der Waals surface area contributed by atoms with E-state index in [0.29, 0.717) is 17.0 Å². The Hall–Kier alpha value is -3.16. The number of anilines is 1. The number of benzene rings is 3. The summed E-state index contributed by atoms with van der Waals surface area (Å²) in [5.74, 6) is 0.167. The maximum absolute atomic E-state index is 13.1. The van der Waals surface area contributed by atoms with Crippen molar-refractivity contribution < 1.29 is 17.9 Å². The molecule has 3 aromatic carbocycles. The van der Waals surface area contributed by atoms with E-state index in [9.17, 15) is 13.2 Å². The molecule has 0 saturated heterocycles. The van der Waals surface area contributed by atoms with Crippen molar-refractivity contribution in [2.24, 2.45) is 0 Å². The van der Waals surface area contributed by atoms with Crippen molar-refractivity contribution in [1.82, 2.24) is 4.72 Å². The van der Waals surface area contributed by atoms with Gasteiger partial charge in [-0.15, -0.1) is 0 Å². The molecule has 0 aliphatic heterocycles. The van der Waals surface area contributed by atoms with Crippen LogP contribution in [0.15, 0.2) is 77.7 Å². The van der Waals surface area contributed by atoms with Crippen molar-refractivity contribution in [3.63, 3.8) is 0 Å². The quantitative estimate of drug-likeness (QED) is 0.560. The summed E-state index contributed by atoms with van der Waals surface area (Å²) >= 11 is 0. The minimum absolute atomic E-state index is 0.0761. The molecule has 3 rings (SSSR count). The van der Waals surface area contributed by atoms with E-state index >= 15 is 0 Å². The number of sulfonamides is 1. The zero-order chi connectivity index (χ0) is 22.4. The molecule has 3 aromatic rings. The highest BCUT2D eigenvalue weighted by Gasteiger charge is 2.26. The zero-order valence-electron chi connectivity index (χ0n) is 17.8. The van der Waals surface area contributed by atoms with E-state index in [1.807, 2.05) is 55.5 Å². The third-order valence-electron chi connectivity index (χ3n) is 4.86. The second-order valence-electron chi connectivity index (χ2n) is 7.35. The largest absolute Gasteiger partial charge is 0.496 e. The van der Waals surface area contributed by atoms with Gasteiger partial charge in [0.05, 0.1) is 12.0 Å². The highest BCUT2D eigenvalue weighted by molar-refractivity contribution is 7.89. The van der Waals surface area contributed by atoms with Gasteiger partial charge in [0.15, 0.2) is 0 Å². The van der Waals surface area contributed by atoms with E-state index in [4.69, 9.17) is 4.74 Å². The second kappa shape index (κ2) is 9.76. The SMILES string of the molecule is COc1ccc(S(=O)(=O)NC(Cc2ccccc2)C(=O)Nc2cccc(C)c2)cc1C. The standard InChI is InChI=1S/C24H26N2O4S/c1-17-8-7-11-20(14-17)25-24(27)22(16-19-9-5-4-6-10-19)26-31(28,29)21-12-13-23(30-3)18(2)15-21/h4-15,22,26H,16H2,1-3H3,(H,25,27). The van der Waals surface area contributed by atoms with Gasteiger partial charge in [-0.25, -0.2) is 8.42 Å². The Morgan fingerprint density at radius 3 is 2.35 bits per heavy atom. The van der Waals surface area contributed by atoms with Gasteiger partial charge in [0.25, 0.3) is 0 Å². The molecular weight excluding hydrogens is 412 g/mol. The number of hydrogen-bond acceptors (Lipinski definition) is 4. The van der Waals surface area contributed by atoms with Crippen LogP contribution in [0.5, 0.6) is 5.75 Å². The predicted molar refractivity (Wildman–Crippen MR) is 122 cm³/mol. The number of hydrogen-bond donors (Lipinski definition) is 2. The van der Waals surface area contributed by atoms with Gasteiger partial charge in [-0.05, 0) is 67.3 Å². The Balaban J connectivity index is 1.88. The number of nitrogens with one attached hydrogen (secondary N) is 2. The lowest BCUT2D eigenvalue weighted by molar-refractivity contribution is -0.117. The molecular formula is C24H26N2O4S. The van der Waals surface area contributed by atoms with E-state index in [1.165, 1.54) is 19.2 Å². The van der Waals surface area contributed by atoms with Crippen LogP contribution in [0.1, 0.15) is 16.7 Å². The van der Waals surface area contributed by atoms with Gasteiger partial charge in [0, 0.05) is 5.69 Å². The molecule has 0 radical (unpaired) electrons. The first-order chi connectivity index (χ1) is 14.8. The van der Waals surface area contributed by atoms with Crippen LogP contribution >= 0.6 is 0 Å². The van der Waals surface area contributed by atoms with Crippen molar-refractivity contribution >= 4 is 21.6 Å². The normalized spacial score (nSPS) is 12.2. The Kier molecular flexibility index (Phi) is 7.09. The summed E-state index contributed by atoms with van der Waals surface area (Å²) in [6, 6.07) is 20.3. The molecule has 1 amide bonds. The number of rotatable bonds is 8. The molecule has 0 aliphatic carbocycles. The van der Waals surface area contributed by atoms with Crippen molar-refractivity contribution in [2.75, 3.05) is 12.4 Å². The number of aryl methyl sites for hydroxylation is 2. The van der Waals surface area contributed by atoms with Crippen molar-refractivity contribution in [3.05, 3.63) is 89.5 Å². The summed E-state index contributed by atoms with van der Waals surface area (Å²) in [4.78, 5) is 13.1. The topological polar surface area (TPSA) is 84.5 Å². The number of methoxy groups -OCH3 is 1. The summed E-state index contributed by atoms with van der Waals surface area (Å²) in [5, 5.41) is 2.82. The van der Waals surface area contributed by atoms with E-state index in [0.717, 1.165) is 11.1 Å².